The Hall–Kier alpha value is -1.16. The minimum Gasteiger partial charge on any atom is -0.353 e. The molecule has 1 aliphatic carbocycles. The third kappa shape index (κ3) is 2.64. The number of rotatable bonds is 2. The molecule has 18 heavy (non-hydrogen) atoms. The van der Waals surface area contributed by atoms with E-state index in [-0.39, 0.29) is 17.7 Å². The highest BCUT2D eigenvalue weighted by atomic mass is 79.9. The molecule has 0 spiro atoms. The molecule has 1 N–H and O–H groups in total. The smallest absolute Gasteiger partial charge is 0.231 e. The zero-order valence-corrected chi connectivity index (χ0v) is 12.1. The number of amides is 1. The molecule has 1 unspecified atom stereocenters. The molecule has 0 fully saturated rings. The number of ketones is 1. The first-order valence-electron chi connectivity index (χ1n) is 6.12. The zero-order chi connectivity index (χ0) is 13.3. The second kappa shape index (κ2) is 5.22. The van der Waals surface area contributed by atoms with E-state index in [1.807, 2.05) is 32.0 Å². The summed E-state index contributed by atoms with van der Waals surface area (Å²) in [5.41, 5.74) is 1.72. The number of aryl methyl sites for hydroxylation is 1. The summed E-state index contributed by atoms with van der Waals surface area (Å²) in [6.45, 7) is 3.80. The molecule has 0 bridgehead atoms. The molecule has 1 aromatic carbocycles. The Kier molecular flexibility index (Phi) is 3.85. The van der Waals surface area contributed by atoms with Gasteiger partial charge < -0.3 is 5.32 Å². The number of fused-ring (bicyclic) bond motifs is 1. The van der Waals surface area contributed by atoms with Gasteiger partial charge in [-0.25, -0.2) is 0 Å². The van der Waals surface area contributed by atoms with Gasteiger partial charge in [-0.15, -0.1) is 0 Å². The highest BCUT2D eigenvalue weighted by molar-refractivity contribution is 9.10. The Labute approximate surface area is 115 Å². The van der Waals surface area contributed by atoms with Gasteiger partial charge in [-0.1, -0.05) is 22.0 Å². The number of benzene rings is 1. The summed E-state index contributed by atoms with van der Waals surface area (Å²) in [5, 5.41) is 2.82. The molecule has 0 aliphatic heterocycles. The van der Waals surface area contributed by atoms with Crippen LogP contribution in [0.1, 0.15) is 36.2 Å². The SMILES string of the molecule is CC(C)NC(=O)C1CCc2ccc(Br)cc2C1=O. The number of nitrogens with one attached hydrogen (secondary N) is 1. The van der Waals surface area contributed by atoms with Gasteiger partial charge in [0.1, 0.15) is 5.92 Å². The highest BCUT2D eigenvalue weighted by Gasteiger charge is 2.32. The lowest BCUT2D eigenvalue weighted by Crippen LogP contribution is -2.41. The molecule has 1 aromatic rings. The largest absolute Gasteiger partial charge is 0.353 e. The van der Waals surface area contributed by atoms with Crippen LogP contribution in [-0.4, -0.2) is 17.7 Å². The summed E-state index contributed by atoms with van der Waals surface area (Å²) in [4.78, 5) is 24.3. The maximum Gasteiger partial charge on any atom is 0.231 e. The average molecular weight is 310 g/mol. The van der Waals surface area contributed by atoms with Gasteiger partial charge in [0.25, 0.3) is 0 Å². The van der Waals surface area contributed by atoms with Gasteiger partial charge in [-0.2, -0.15) is 0 Å². The van der Waals surface area contributed by atoms with Crippen molar-refractivity contribution in [2.75, 3.05) is 0 Å². The predicted molar refractivity (Wildman–Crippen MR) is 73.6 cm³/mol. The van der Waals surface area contributed by atoms with Crippen LogP contribution in [-0.2, 0) is 11.2 Å². The van der Waals surface area contributed by atoms with E-state index in [1.165, 1.54) is 0 Å². The fourth-order valence-electron chi connectivity index (χ4n) is 2.25. The molecule has 0 heterocycles. The molecule has 96 valence electrons. The first-order chi connectivity index (χ1) is 8.49. The van der Waals surface area contributed by atoms with Gasteiger partial charge in [-0.3, -0.25) is 9.59 Å². The van der Waals surface area contributed by atoms with Crippen molar-refractivity contribution in [1.29, 1.82) is 0 Å². The highest BCUT2D eigenvalue weighted by Crippen LogP contribution is 2.28. The molecule has 1 amide bonds. The van der Waals surface area contributed by atoms with Crippen molar-refractivity contribution in [2.24, 2.45) is 5.92 Å². The Morgan fingerprint density at radius 2 is 2.17 bits per heavy atom. The monoisotopic (exact) mass is 309 g/mol. The normalized spacial score (nSPS) is 18.7. The molecule has 0 saturated heterocycles. The Morgan fingerprint density at radius 3 is 2.83 bits per heavy atom. The van der Waals surface area contributed by atoms with E-state index in [4.69, 9.17) is 0 Å². The van der Waals surface area contributed by atoms with Crippen molar-refractivity contribution in [3.05, 3.63) is 33.8 Å². The van der Waals surface area contributed by atoms with Gasteiger partial charge in [0.05, 0.1) is 0 Å². The van der Waals surface area contributed by atoms with E-state index in [2.05, 4.69) is 21.2 Å². The molecule has 0 radical (unpaired) electrons. The maximum absolute atomic E-state index is 12.3. The van der Waals surface area contributed by atoms with E-state index in [9.17, 15) is 9.59 Å². The molecule has 3 nitrogen and oxygen atoms in total. The molecule has 1 aliphatic rings. The number of carbonyl (C=O) groups is 2. The first kappa shape index (κ1) is 13.3. The van der Waals surface area contributed by atoms with Gasteiger partial charge in [0.15, 0.2) is 5.78 Å². The molecular weight excluding hydrogens is 294 g/mol. The fourth-order valence-corrected chi connectivity index (χ4v) is 2.61. The standard InChI is InChI=1S/C14H16BrNO2/c1-8(2)16-14(18)11-6-4-9-3-5-10(15)7-12(9)13(11)17/h3,5,7-8,11H,4,6H2,1-2H3,(H,16,18). The van der Waals surface area contributed by atoms with Crippen molar-refractivity contribution >= 4 is 27.6 Å². The Morgan fingerprint density at radius 1 is 1.44 bits per heavy atom. The maximum atomic E-state index is 12.3. The minimum absolute atomic E-state index is 0.0595. The lowest BCUT2D eigenvalue weighted by Gasteiger charge is -2.23. The minimum atomic E-state index is -0.533. The Balaban J connectivity index is 2.25. The van der Waals surface area contributed by atoms with Crippen LogP contribution in [0.4, 0.5) is 0 Å². The molecule has 4 heteroatoms. The van der Waals surface area contributed by atoms with Crippen LogP contribution in [0.15, 0.2) is 22.7 Å². The molecule has 0 saturated carbocycles. The van der Waals surface area contributed by atoms with Crippen LogP contribution >= 0.6 is 15.9 Å². The number of carbonyl (C=O) groups excluding carboxylic acids is 2. The summed E-state index contributed by atoms with van der Waals surface area (Å²) in [6.07, 6.45) is 1.39. The van der Waals surface area contributed by atoms with Gasteiger partial charge in [0.2, 0.25) is 5.91 Å². The van der Waals surface area contributed by atoms with Crippen molar-refractivity contribution < 1.29 is 9.59 Å². The van der Waals surface area contributed by atoms with Crippen LogP contribution in [0.3, 0.4) is 0 Å². The summed E-state index contributed by atoms with van der Waals surface area (Å²) >= 11 is 3.36. The first-order valence-corrected chi connectivity index (χ1v) is 6.91. The van der Waals surface area contributed by atoms with Crippen LogP contribution in [0.25, 0.3) is 0 Å². The van der Waals surface area contributed by atoms with Crippen molar-refractivity contribution in [3.63, 3.8) is 0 Å². The number of Topliss-reactive ketones (excluding diaryl/α,β-unsaturated/α-hetero) is 1. The van der Waals surface area contributed by atoms with Gasteiger partial charge >= 0.3 is 0 Å². The van der Waals surface area contributed by atoms with Crippen molar-refractivity contribution in [2.45, 2.75) is 32.7 Å². The second-order valence-corrected chi connectivity index (χ2v) is 5.84. The number of halogens is 1. The zero-order valence-electron chi connectivity index (χ0n) is 10.5. The van der Waals surface area contributed by atoms with Crippen LogP contribution in [0, 0.1) is 5.92 Å². The van der Waals surface area contributed by atoms with Crippen LogP contribution < -0.4 is 5.32 Å². The lowest BCUT2D eigenvalue weighted by atomic mass is 9.82. The molecule has 1 atom stereocenters. The second-order valence-electron chi connectivity index (χ2n) is 4.92. The third-order valence-electron chi connectivity index (χ3n) is 3.10. The summed E-state index contributed by atoms with van der Waals surface area (Å²) in [7, 11) is 0. The van der Waals surface area contributed by atoms with Crippen molar-refractivity contribution in [3.8, 4) is 0 Å². The third-order valence-corrected chi connectivity index (χ3v) is 3.60. The van der Waals surface area contributed by atoms with E-state index < -0.39 is 5.92 Å². The van der Waals surface area contributed by atoms with E-state index in [1.54, 1.807) is 0 Å². The molecular formula is C14H16BrNO2. The van der Waals surface area contributed by atoms with E-state index in [0.717, 1.165) is 16.5 Å². The van der Waals surface area contributed by atoms with Crippen LogP contribution in [0.2, 0.25) is 0 Å². The van der Waals surface area contributed by atoms with Crippen LogP contribution in [0.5, 0.6) is 0 Å². The van der Waals surface area contributed by atoms with E-state index in [0.29, 0.717) is 12.0 Å². The molecule has 2 rings (SSSR count). The van der Waals surface area contributed by atoms with Crippen molar-refractivity contribution in [1.82, 2.24) is 5.32 Å². The lowest BCUT2D eigenvalue weighted by molar-refractivity contribution is -0.124. The van der Waals surface area contributed by atoms with E-state index >= 15 is 0 Å². The fraction of sp³-hybridized carbons (Fsp3) is 0.429. The number of hydrogen-bond acceptors (Lipinski definition) is 2. The topological polar surface area (TPSA) is 46.2 Å². The summed E-state index contributed by atoms with van der Waals surface area (Å²) < 4.78 is 0.875. The van der Waals surface area contributed by atoms with Gasteiger partial charge in [-0.05, 0) is 44.4 Å². The van der Waals surface area contributed by atoms with Gasteiger partial charge in [0, 0.05) is 16.1 Å². The predicted octanol–water partition coefficient (Wildman–Crippen LogP) is 2.72. The molecule has 0 aromatic heterocycles. The quantitative estimate of drug-likeness (QED) is 0.854. The average Bonchev–Trinajstić information content (AvgIpc) is 2.29. The summed E-state index contributed by atoms with van der Waals surface area (Å²) in [5.74, 6) is -0.745. The Bertz CT molecular complexity index is 497. The number of hydrogen-bond donors (Lipinski definition) is 1. The summed E-state index contributed by atoms with van der Waals surface area (Å²) in [6, 6.07) is 5.76.